The fraction of sp³-hybridized carbons (Fsp3) is 0. The number of nitrogens with one attached hydrogen (secondary N) is 3. The maximum atomic E-state index is 12.4. The third kappa shape index (κ3) is 5.30. The van der Waals surface area contributed by atoms with Gasteiger partial charge in [0.15, 0.2) is 0 Å². The number of aromatic nitrogens is 2. The summed E-state index contributed by atoms with van der Waals surface area (Å²) in [5, 5.41) is 9.12. The number of carbonyl (C=O) groups excluding carboxylic acids is 2. The zero-order valence-corrected chi connectivity index (χ0v) is 16.4. The van der Waals surface area contributed by atoms with E-state index in [1.54, 1.807) is 42.6 Å². The second kappa shape index (κ2) is 9.32. The van der Waals surface area contributed by atoms with Gasteiger partial charge in [0.05, 0.1) is 0 Å². The Balaban J connectivity index is 1.41. The summed E-state index contributed by atoms with van der Waals surface area (Å²) in [6.07, 6.45) is 2.41. The second-order valence-corrected chi connectivity index (χ2v) is 6.66. The van der Waals surface area contributed by atoms with Crippen LogP contribution in [-0.4, -0.2) is 22.2 Å². The van der Waals surface area contributed by atoms with E-state index in [4.69, 9.17) is 0 Å². The minimum absolute atomic E-state index is 0.177. The van der Waals surface area contributed by atoms with Crippen molar-refractivity contribution in [3.8, 4) is 0 Å². The third-order valence-electron chi connectivity index (χ3n) is 4.39. The van der Waals surface area contributed by atoms with Gasteiger partial charge in [-0.1, -0.05) is 30.3 Å². The van der Waals surface area contributed by atoms with Crippen LogP contribution >= 0.6 is 0 Å². The summed E-state index contributed by atoms with van der Waals surface area (Å²) in [5.41, 5.74) is 3.36. The first kappa shape index (κ1) is 19.8. The molecule has 152 valence electrons. The highest BCUT2D eigenvalue weighted by atomic mass is 16.1. The number of hydrogen-bond acceptors (Lipinski definition) is 6. The van der Waals surface area contributed by atoms with Crippen molar-refractivity contribution >= 4 is 41.0 Å². The minimum atomic E-state index is -0.177. The van der Waals surface area contributed by atoms with Crippen molar-refractivity contribution < 1.29 is 9.59 Å². The van der Waals surface area contributed by atoms with Crippen LogP contribution in [0.4, 0.5) is 28.8 Å². The van der Waals surface area contributed by atoms with Gasteiger partial charge in [-0.05, 0) is 54.6 Å². The second-order valence-electron chi connectivity index (χ2n) is 6.66. The van der Waals surface area contributed by atoms with Crippen molar-refractivity contribution in [3.05, 3.63) is 102 Å². The molecule has 4 rings (SSSR count). The van der Waals surface area contributed by atoms with Crippen LogP contribution < -0.4 is 16.0 Å². The molecule has 0 fully saturated rings. The molecular weight excluding hydrogens is 390 g/mol. The molecule has 0 saturated carbocycles. The quantitative estimate of drug-likeness (QED) is 0.371. The molecule has 1 amide bonds. The van der Waals surface area contributed by atoms with E-state index in [9.17, 15) is 9.59 Å². The Labute approximate surface area is 179 Å². The molecule has 7 heteroatoms. The number of para-hydroxylation sites is 1. The first-order chi connectivity index (χ1) is 15.2. The molecule has 0 saturated heterocycles. The number of nitrogens with zero attached hydrogens (tertiary/aromatic N) is 2. The Morgan fingerprint density at radius 2 is 1.55 bits per heavy atom. The lowest BCUT2D eigenvalue weighted by Gasteiger charge is -2.10. The number of hydrogen-bond donors (Lipinski definition) is 3. The maximum absolute atomic E-state index is 12.4. The number of benzene rings is 3. The minimum Gasteiger partial charge on any atom is -0.340 e. The van der Waals surface area contributed by atoms with Gasteiger partial charge in [0, 0.05) is 34.4 Å². The van der Waals surface area contributed by atoms with Crippen molar-refractivity contribution in [2.75, 3.05) is 16.0 Å². The van der Waals surface area contributed by atoms with Gasteiger partial charge in [-0.25, -0.2) is 4.98 Å². The molecular formula is C24H19N5O2. The van der Waals surface area contributed by atoms with Crippen LogP contribution in [0, 0.1) is 0 Å². The summed E-state index contributed by atoms with van der Waals surface area (Å²) in [7, 11) is 0. The normalized spacial score (nSPS) is 10.2. The topological polar surface area (TPSA) is 96.0 Å². The molecule has 3 aromatic carbocycles. The highest BCUT2D eigenvalue weighted by Gasteiger charge is 2.07. The summed E-state index contributed by atoms with van der Waals surface area (Å²) >= 11 is 0. The van der Waals surface area contributed by atoms with Gasteiger partial charge < -0.3 is 16.0 Å². The standard InChI is InChI=1S/C24H19N5O2/c30-16-17-5-4-8-21(15-17)28-24-25-14-13-22(29-24)26-20-11-9-18(10-12-20)23(31)27-19-6-2-1-3-7-19/h1-16H,(H,27,31)(H2,25,26,28,29). The first-order valence-corrected chi connectivity index (χ1v) is 9.58. The molecule has 0 aliphatic heterocycles. The fourth-order valence-electron chi connectivity index (χ4n) is 2.88. The van der Waals surface area contributed by atoms with E-state index in [1.807, 2.05) is 48.5 Å². The van der Waals surface area contributed by atoms with Crippen LogP contribution in [-0.2, 0) is 0 Å². The lowest BCUT2D eigenvalue weighted by atomic mass is 10.2. The van der Waals surface area contributed by atoms with Gasteiger partial charge in [0.25, 0.3) is 5.91 Å². The summed E-state index contributed by atoms with van der Waals surface area (Å²) in [5.74, 6) is 0.807. The highest BCUT2D eigenvalue weighted by molar-refractivity contribution is 6.04. The van der Waals surface area contributed by atoms with E-state index in [0.29, 0.717) is 22.9 Å². The van der Waals surface area contributed by atoms with Crippen molar-refractivity contribution in [2.45, 2.75) is 0 Å². The average molecular weight is 409 g/mol. The van der Waals surface area contributed by atoms with Gasteiger partial charge in [0.2, 0.25) is 5.95 Å². The predicted octanol–water partition coefficient (Wildman–Crippen LogP) is 5.03. The molecule has 0 radical (unpaired) electrons. The average Bonchev–Trinajstić information content (AvgIpc) is 2.80. The number of rotatable bonds is 7. The fourth-order valence-corrected chi connectivity index (χ4v) is 2.88. The number of amides is 1. The Bertz CT molecular complexity index is 1190. The summed E-state index contributed by atoms with van der Waals surface area (Å²) in [4.78, 5) is 31.9. The zero-order valence-electron chi connectivity index (χ0n) is 16.4. The number of aldehydes is 1. The van der Waals surface area contributed by atoms with Gasteiger partial charge in [-0.15, -0.1) is 0 Å². The monoisotopic (exact) mass is 409 g/mol. The highest BCUT2D eigenvalue weighted by Crippen LogP contribution is 2.19. The van der Waals surface area contributed by atoms with Gasteiger partial charge in [0.1, 0.15) is 12.1 Å². The molecule has 0 aliphatic rings. The van der Waals surface area contributed by atoms with Crippen molar-refractivity contribution in [3.63, 3.8) is 0 Å². The largest absolute Gasteiger partial charge is 0.340 e. The zero-order chi connectivity index (χ0) is 21.5. The molecule has 0 atom stereocenters. The SMILES string of the molecule is O=Cc1cccc(Nc2nccc(Nc3ccc(C(=O)Nc4ccccc4)cc3)n2)c1. The van der Waals surface area contributed by atoms with Crippen LogP contribution in [0.2, 0.25) is 0 Å². The Kier molecular flexibility index (Phi) is 5.95. The molecule has 0 bridgehead atoms. The molecule has 1 aromatic heterocycles. The van der Waals surface area contributed by atoms with Gasteiger partial charge in [-0.3, -0.25) is 9.59 Å². The van der Waals surface area contributed by atoms with Gasteiger partial charge in [-0.2, -0.15) is 4.98 Å². The molecule has 0 spiro atoms. The number of carbonyl (C=O) groups is 2. The van der Waals surface area contributed by atoms with E-state index in [-0.39, 0.29) is 5.91 Å². The van der Waals surface area contributed by atoms with Crippen molar-refractivity contribution in [2.24, 2.45) is 0 Å². The van der Waals surface area contributed by atoms with E-state index in [0.717, 1.165) is 23.3 Å². The van der Waals surface area contributed by atoms with Crippen molar-refractivity contribution in [1.82, 2.24) is 9.97 Å². The molecule has 3 N–H and O–H groups in total. The molecule has 0 aliphatic carbocycles. The van der Waals surface area contributed by atoms with Crippen LogP contribution in [0.3, 0.4) is 0 Å². The van der Waals surface area contributed by atoms with Crippen LogP contribution in [0.5, 0.6) is 0 Å². The van der Waals surface area contributed by atoms with E-state index < -0.39 is 0 Å². The molecule has 4 aromatic rings. The maximum Gasteiger partial charge on any atom is 0.255 e. The summed E-state index contributed by atoms with van der Waals surface area (Å²) in [6, 6.07) is 25.2. The van der Waals surface area contributed by atoms with E-state index in [2.05, 4.69) is 25.9 Å². The molecule has 1 heterocycles. The number of anilines is 5. The van der Waals surface area contributed by atoms with E-state index in [1.165, 1.54) is 0 Å². The van der Waals surface area contributed by atoms with Crippen LogP contribution in [0.15, 0.2) is 91.1 Å². The lowest BCUT2D eigenvalue weighted by Crippen LogP contribution is -2.11. The lowest BCUT2D eigenvalue weighted by molar-refractivity contribution is 0.102. The predicted molar refractivity (Wildman–Crippen MR) is 121 cm³/mol. The Morgan fingerprint density at radius 1 is 0.774 bits per heavy atom. The molecule has 31 heavy (non-hydrogen) atoms. The van der Waals surface area contributed by atoms with E-state index >= 15 is 0 Å². The first-order valence-electron chi connectivity index (χ1n) is 9.58. The Hall–Kier alpha value is -4.52. The summed E-state index contributed by atoms with van der Waals surface area (Å²) in [6.45, 7) is 0. The Morgan fingerprint density at radius 3 is 2.32 bits per heavy atom. The summed E-state index contributed by atoms with van der Waals surface area (Å²) < 4.78 is 0. The molecule has 0 unspecified atom stereocenters. The van der Waals surface area contributed by atoms with Crippen LogP contribution in [0.1, 0.15) is 20.7 Å². The third-order valence-corrected chi connectivity index (χ3v) is 4.39. The van der Waals surface area contributed by atoms with Crippen LogP contribution in [0.25, 0.3) is 0 Å². The smallest absolute Gasteiger partial charge is 0.255 e. The van der Waals surface area contributed by atoms with Crippen molar-refractivity contribution in [1.29, 1.82) is 0 Å². The molecule has 7 nitrogen and oxygen atoms in total. The van der Waals surface area contributed by atoms with Gasteiger partial charge >= 0.3 is 0 Å².